The summed E-state index contributed by atoms with van der Waals surface area (Å²) in [4.78, 5) is 14.5. The number of hydrogen-bond acceptors (Lipinski definition) is 3. The van der Waals surface area contributed by atoms with Crippen molar-refractivity contribution in [3.63, 3.8) is 0 Å². The van der Waals surface area contributed by atoms with Gasteiger partial charge in [0.2, 0.25) is 5.91 Å². The molecule has 1 amide bonds. The second-order valence-corrected chi connectivity index (χ2v) is 13.0. The Balaban J connectivity index is 2.10. The molecule has 1 aliphatic heterocycles. The molecule has 1 aromatic rings. The van der Waals surface area contributed by atoms with Crippen LogP contribution in [0.2, 0.25) is 18.1 Å². The van der Waals surface area contributed by atoms with E-state index < -0.39 is 8.32 Å². The molecule has 0 saturated carbocycles. The fraction of sp³-hybridized carbons (Fsp3) is 0.550. The minimum Gasteiger partial charge on any atom is -0.478 e. The zero-order valence-corrected chi connectivity index (χ0v) is 17.3. The number of carbonyl (C=O) groups is 1. The molecule has 5 heteroatoms. The molecule has 138 valence electrons. The Kier molecular flexibility index (Phi) is 5.79. The Morgan fingerprint density at radius 2 is 1.88 bits per heavy atom. The van der Waals surface area contributed by atoms with E-state index in [4.69, 9.17) is 9.16 Å². The molecule has 2 rings (SSSR count). The van der Waals surface area contributed by atoms with Crippen LogP contribution in [0.5, 0.6) is 0 Å². The van der Waals surface area contributed by atoms with Crippen molar-refractivity contribution in [1.82, 2.24) is 4.90 Å². The summed E-state index contributed by atoms with van der Waals surface area (Å²) in [7, 11) is -1.94. The fourth-order valence-electron chi connectivity index (χ4n) is 2.90. The van der Waals surface area contributed by atoms with Crippen LogP contribution in [0.3, 0.4) is 0 Å². The fourth-order valence-corrected chi connectivity index (χ4v) is 4.33. The third-order valence-electron chi connectivity index (χ3n) is 5.41. The minimum absolute atomic E-state index is 0.0851. The van der Waals surface area contributed by atoms with Gasteiger partial charge < -0.3 is 14.1 Å². The summed E-state index contributed by atoms with van der Waals surface area (Å²) in [6.07, 6.45) is 0.927. The standard InChI is InChI=1S/C20H31NO3Si/c1-8-23-19-17(15(2)24-25(6,7)20(3,4)5)18(22)21(19)14-16-12-10-9-11-13-16/h8-13,15,17,19H,1,14H2,2-7H3/t15-,17+,19-/m1/s1. The lowest BCUT2D eigenvalue weighted by atomic mass is 9.90. The average Bonchev–Trinajstić information content (AvgIpc) is 2.51. The van der Waals surface area contributed by atoms with Gasteiger partial charge in [-0.05, 0) is 30.6 Å². The first-order valence-electron chi connectivity index (χ1n) is 8.87. The molecular formula is C20H31NO3Si. The number of benzene rings is 1. The summed E-state index contributed by atoms with van der Waals surface area (Å²) in [5.74, 6) is -0.197. The number of rotatable bonds is 7. The van der Waals surface area contributed by atoms with Crippen molar-refractivity contribution >= 4 is 14.2 Å². The lowest BCUT2D eigenvalue weighted by Gasteiger charge is -2.50. The van der Waals surface area contributed by atoms with Crippen LogP contribution in [0.25, 0.3) is 0 Å². The molecule has 0 radical (unpaired) electrons. The van der Waals surface area contributed by atoms with Gasteiger partial charge in [0.15, 0.2) is 14.5 Å². The van der Waals surface area contributed by atoms with Crippen molar-refractivity contribution in [2.75, 3.05) is 0 Å². The van der Waals surface area contributed by atoms with E-state index in [-0.39, 0.29) is 29.2 Å². The second-order valence-electron chi connectivity index (χ2n) is 8.25. The summed E-state index contributed by atoms with van der Waals surface area (Å²) in [5, 5.41) is 0.104. The third-order valence-corrected chi connectivity index (χ3v) is 9.98. The van der Waals surface area contributed by atoms with Gasteiger partial charge in [0.25, 0.3) is 0 Å². The molecule has 4 nitrogen and oxygen atoms in total. The average molecular weight is 362 g/mol. The van der Waals surface area contributed by atoms with Crippen molar-refractivity contribution < 1.29 is 14.0 Å². The highest BCUT2D eigenvalue weighted by Gasteiger charge is 2.53. The summed E-state index contributed by atoms with van der Waals surface area (Å²) >= 11 is 0. The number of nitrogens with zero attached hydrogens (tertiary/aromatic N) is 1. The van der Waals surface area contributed by atoms with Gasteiger partial charge in [-0.15, -0.1) is 0 Å². The third kappa shape index (κ3) is 4.15. The van der Waals surface area contributed by atoms with Crippen LogP contribution in [0.15, 0.2) is 43.2 Å². The van der Waals surface area contributed by atoms with Crippen molar-refractivity contribution in [2.24, 2.45) is 5.92 Å². The molecule has 1 saturated heterocycles. The van der Waals surface area contributed by atoms with E-state index in [1.807, 2.05) is 37.3 Å². The summed E-state index contributed by atoms with van der Waals surface area (Å²) in [5.41, 5.74) is 1.09. The maximum Gasteiger partial charge on any atom is 0.237 e. The number of hydrogen-bond donors (Lipinski definition) is 0. The molecule has 25 heavy (non-hydrogen) atoms. The smallest absolute Gasteiger partial charge is 0.237 e. The molecule has 0 N–H and O–H groups in total. The van der Waals surface area contributed by atoms with Crippen LogP contribution >= 0.6 is 0 Å². The molecule has 3 atom stereocenters. The molecule has 0 unspecified atom stereocenters. The topological polar surface area (TPSA) is 38.8 Å². The second kappa shape index (κ2) is 7.34. The zero-order valence-electron chi connectivity index (χ0n) is 16.3. The van der Waals surface area contributed by atoms with Crippen LogP contribution in [0, 0.1) is 5.92 Å². The van der Waals surface area contributed by atoms with Crippen molar-refractivity contribution in [3.8, 4) is 0 Å². The van der Waals surface area contributed by atoms with E-state index in [1.165, 1.54) is 6.26 Å². The van der Waals surface area contributed by atoms with Crippen LogP contribution in [0.4, 0.5) is 0 Å². The highest BCUT2D eigenvalue weighted by Crippen LogP contribution is 2.41. The minimum atomic E-state index is -1.94. The first-order valence-corrected chi connectivity index (χ1v) is 11.8. The maximum absolute atomic E-state index is 12.8. The predicted molar refractivity (Wildman–Crippen MR) is 103 cm³/mol. The largest absolute Gasteiger partial charge is 0.478 e. The number of ether oxygens (including phenoxy) is 1. The van der Waals surface area contributed by atoms with Crippen molar-refractivity contribution in [1.29, 1.82) is 0 Å². The first kappa shape index (κ1) is 19.7. The Morgan fingerprint density at radius 3 is 2.40 bits per heavy atom. The van der Waals surface area contributed by atoms with Crippen LogP contribution in [-0.2, 0) is 20.5 Å². The highest BCUT2D eigenvalue weighted by molar-refractivity contribution is 6.74. The van der Waals surface area contributed by atoms with Gasteiger partial charge in [-0.2, -0.15) is 0 Å². The maximum atomic E-state index is 12.8. The predicted octanol–water partition coefficient (Wildman–Crippen LogP) is 4.54. The lowest BCUT2D eigenvalue weighted by molar-refractivity contribution is -0.195. The Labute approximate surface area is 152 Å². The van der Waals surface area contributed by atoms with Gasteiger partial charge in [-0.1, -0.05) is 57.7 Å². The molecule has 0 spiro atoms. The van der Waals surface area contributed by atoms with E-state index >= 15 is 0 Å². The van der Waals surface area contributed by atoms with Gasteiger partial charge in [0.1, 0.15) is 5.92 Å². The van der Waals surface area contributed by atoms with Crippen LogP contribution in [0.1, 0.15) is 33.3 Å². The molecular weight excluding hydrogens is 330 g/mol. The molecule has 1 aliphatic rings. The number of β-lactam (4-membered cyclic amide) rings is 1. The van der Waals surface area contributed by atoms with Crippen LogP contribution < -0.4 is 0 Å². The number of amides is 1. The van der Waals surface area contributed by atoms with E-state index in [1.54, 1.807) is 4.90 Å². The van der Waals surface area contributed by atoms with Gasteiger partial charge in [-0.25, -0.2) is 0 Å². The van der Waals surface area contributed by atoms with Crippen LogP contribution in [-0.4, -0.2) is 31.5 Å². The molecule has 1 heterocycles. The van der Waals surface area contributed by atoms with E-state index in [2.05, 4.69) is 40.4 Å². The zero-order chi connectivity index (χ0) is 18.8. The molecule has 0 aromatic heterocycles. The molecule has 0 bridgehead atoms. The lowest BCUT2D eigenvalue weighted by Crippen LogP contribution is -2.65. The molecule has 1 fully saturated rings. The summed E-state index contributed by atoms with van der Waals surface area (Å²) < 4.78 is 12.1. The summed E-state index contributed by atoms with van der Waals surface area (Å²) in [6.45, 7) is 17.2. The normalized spacial score (nSPS) is 22.3. The Hall–Kier alpha value is -1.59. The number of likely N-dealkylation sites (tertiary alicyclic amines) is 1. The van der Waals surface area contributed by atoms with Gasteiger partial charge in [0, 0.05) is 6.54 Å². The van der Waals surface area contributed by atoms with Gasteiger partial charge in [-0.3, -0.25) is 4.79 Å². The van der Waals surface area contributed by atoms with Gasteiger partial charge >= 0.3 is 0 Å². The first-order chi connectivity index (χ1) is 11.6. The SMILES string of the molecule is C=CO[C@@H]1[C@@H]([C@@H](C)O[Si](C)(C)C(C)(C)C)C(=O)N1Cc1ccccc1. The number of carbonyl (C=O) groups excluding carboxylic acids is 1. The van der Waals surface area contributed by atoms with E-state index in [9.17, 15) is 4.79 Å². The Bertz CT molecular complexity index is 609. The van der Waals surface area contributed by atoms with E-state index in [0.29, 0.717) is 6.54 Å². The van der Waals surface area contributed by atoms with Crippen molar-refractivity contribution in [2.45, 2.75) is 64.7 Å². The molecule has 0 aliphatic carbocycles. The van der Waals surface area contributed by atoms with Gasteiger partial charge in [0.05, 0.1) is 12.4 Å². The van der Waals surface area contributed by atoms with E-state index in [0.717, 1.165) is 5.56 Å². The molecule has 1 aromatic carbocycles. The quantitative estimate of drug-likeness (QED) is 0.406. The monoisotopic (exact) mass is 361 g/mol. The Morgan fingerprint density at radius 1 is 1.28 bits per heavy atom. The summed E-state index contributed by atoms with van der Waals surface area (Å²) in [6, 6.07) is 9.95. The van der Waals surface area contributed by atoms with Crippen molar-refractivity contribution in [3.05, 3.63) is 48.7 Å². The highest BCUT2D eigenvalue weighted by atomic mass is 28.4.